The van der Waals surface area contributed by atoms with Crippen LogP contribution in [0.1, 0.15) is 29.8 Å². The second-order valence-corrected chi connectivity index (χ2v) is 6.22. The van der Waals surface area contributed by atoms with Crippen molar-refractivity contribution in [3.05, 3.63) is 51.4 Å². The van der Waals surface area contributed by atoms with Crippen molar-refractivity contribution in [3.63, 3.8) is 0 Å². The van der Waals surface area contributed by atoms with E-state index in [2.05, 4.69) is 36.5 Å². The van der Waals surface area contributed by atoms with Crippen molar-refractivity contribution >= 4 is 45.9 Å². The summed E-state index contributed by atoms with van der Waals surface area (Å²) in [5.74, 6) is 1.87. The molecule has 8 heteroatoms. The number of nitrogens with one attached hydrogen (secondary N) is 2. The summed E-state index contributed by atoms with van der Waals surface area (Å²) < 4.78 is 19.2. The molecule has 1 aromatic carbocycles. The van der Waals surface area contributed by atoms with E-state index in [4.69, 9.17) is 4.42 Å². The molecule has 0 aliphatic carbocycles. The predicted octanol–water partition coefficient (Wildman–Crippen LogP) is 4.11. The first-order valence-corrected chi connectivity index (χ1v) is 8.68. The van der Waals surface area contributed by atoms with E-state index in [0.29, 0.717) is 29.4 Å². The summed E-state index contributed by atoms with van der Waals surface area (Å²) in [6.45, 7) is 7.64. The van der Waals surface area contributed by atoms with Gasteiger partial charge in [-0.15, -0.1) is 24.0 Å². The van der Waals surface area contributed by atoms with Gasteiger partial charge in [0.05, 0.1) is 10.2 Å². The number of aromatic nitrogens is 1. The molecule has 0 spiro atoms. The van der Waals surface area contributed by atoms with Crippen LogP contribution in [-0.4, -0.2) is 24.0 Å². The van der Waals surface area contributed by atoms with Crippen molar-refractivity contribution in [1.82, 2.24) is 15.6 Å². The molecule has 1 heterocycles. The minimum atomic E-state index is -0.252. The Labute approximate surface area is 173 Å². The molecule has 0 radical (unpaired) electrons. The molecule has 0 saturated heterocycles. The molecule has 2 rings (SSSR count). The maximum Gasteiger partial charge on any atom is 0.216 e. The van der Waals surface area contributed by atoms with Gasteiger partial charge in [0, 0.05) is 13.1 Å². The highest BCUT2D eigenvalue weighted by Crippen LogP contribution is 2.16. The Hall–Kier alpha value is -1.16. The molecular weight excluding hydrogens is 502 g/mol. The van der Waals surface area contributed by atoms with Gasteiger partial charge >= 0.3 is 0 Å². The lowest BCUT2D eigenvalue weighted by molar-refractivity contribution is 0.473. The van der Waals surface area contributed by atoms with Gasteiger partial charge in [-0.1, -0.05) is 6.07 Å². The summed E-state index contributed by atoms with van der Waals surface area (Å²) in [5, 5.41) is 6.44. The molecular formula is C17H23BrFIN4O. The van der Waals surface area contributed by atoms with Crippen molar-refractivity contribution in [3.8, 4) is 0 Å². The lowest BCUT2D eigenvalue weighted by atomic mass is 10.1. The van der Waals surface area contributed by atoms with E-state index < -0.39 is 0 Å². The van der Waals surface area contributed by atoms with Gasteiger partial charge in [0.15, 0.2) is 5.96 Å². The Bertz CT molecular complexity index is 701. The molecule has 0 fully saturated rings. The summed E-state index contributed by atoms with van der Waals surface area (Å²) in [5.41, 5.74) is 1.94. The summed E-state index contributed by atoms with van der Waals surface area (Å²) >= 11 is 3.20. The molecule has 0 saturated carbocycles. The van der Waals surface area contributed by atoms with E-state index in [-0.39, 0.29) is 29.8 Å². The number of guanidine groups is 1. The Morgan fingerprint density at radius 2 is 2.08 bits per heavy atom. The fraction of sp³-hybridized carbons (Fsp3) is 0.412. The predicted molar refractivity (Wildman–Crippen MR) is 112 cm³/mol. The topological polar surface area (TPSA) is 62.5 Å². The van der Waals surface area contributed by atoms with Gasteiger partial charge in [0.1, 0.15) is 18.1 Å². The quantitative estimate of drug-likeness (QED) is 0.339. The van der Waals surface area contributed by atoms with Crippen LogP contribution < -0.4 is 10.6 Å². The minimum Gasteiger partial charge on any atom is -0.444 e. The molecule has 2 N–H and O–H groups in total. The zero-order chi connectivity index (χ0) is 17.5. The minimum absolute atomic E-state index is 0. The normalized spacial score (nSPS) is 11.2. The summed E-state index contributed by atoms with van der Waals surface area (Å²) in [6, 6.07) is 5.04. The largest absolute Gasteiger partial charge is 0.444 e. The third kappa shape index (κ3) is 6.93. The number of oxazole rings is 1. The highest BCUT2D eigenvalue weighted by atomic mass is 127. The second kappa shape index (κ2) is 10.7. The zero-order valence-electron chi connectivity index (χ0n) is 14.5. The van der Waals surface area contributed by atoms with E-state index in [0.717, 1.165) is 30.0 Å². The van der Waals surface area contributed by atoms with E-state index >= 15 is 0 Å². The van der Waals surface area contributed by atoms with Crippen LogP contribution in [-0.2, 0) is 13.0 Å². The Morgan fingerprint density at radius 1 is 1.32 bits per heavy atom. The smallest absolute Gasteiger partial charge is 0.216 e. The second-order valence-electron chi connectivity index (χ2n) is 5.37. The number of rotatable bonds is 6. The first-order chi connectivity index (χ1) is 11.5. The average Bonchev–Trinajstić information content (AvgIpc) is 2.87. The third-order valence-corrected chi connectivity index (χ3v) is 4.09. The van der Waals surface area contributed by atoms with Crippen LogP contribution in [0.5, 0.6) is 0 Å². The van der Waals surface area contributed by atoms with Gasteiger partial charge < -0.3 is 15.1 Å². The van der Waals surface area contributed by atoms with Crippen LogP contribution in [0.4, 0.5) is 4.39 Å². The van der Waals surface area contributed by atoms with Crippen LogP contribution in [0.3, 0.4) is 0 Å². The Kier molecular flexibility index (Phi) is 9.41. The van der Waals surface area contributed by atoms with Crippen LogP contribution in [0.25, 0.3) is 0 Å². The van der Waals surface area contributed by atoms with Gasteiger partial charge in [0.25, 0.3) is 0 Å². The molecule has 0 atom stereocenters. The molecule has 1 aromatic heterocycles. The van der Waals surface area contributed by atoms with Crippen LogP contribution in [0.2, 0.25) is 0 Å². The molecule has 2 aromatic rings. The van der Waals surface area contributed by atoms with Crippen molar-refractivity contribution in [2.45, 2.75) is 33.7 Å². The number of halogens is 3. The van der Waals surface area contributed by atoms with E-state index in [9.17, 15) is 4.39 Å². The molecule has 0 unspecified atom stereocenters. The molecule has 0 aliphatic heterocycles. The monoisotopic (exact) mass is 524 g/mol. The van der Waals surface area contributed by atoms with Crippen molar-refractivity contribution in [1.29, 1.82) is 0 Å². The lowest BCUT2D eigenvalue weighted by Gasteiger charge is -2.11. The van der Waals surface area contributed by atoms with Gasteiger partial charge in [-0.25, -0.2) is 14.4 Å². The maximum absolute atomic E-state index is 13.2. The SMILES string of the molecule is CCNC(=NCc1nc(C)c(C)o1)NCCc1ccc(F)c(Br)c1.I. The first-order valence-electron chi connectivity index (χ1n) is 7.88. The van der Waals surface area contributed by atoms with Crippen LogP contribution >= 0.6 is 39.9 Å². The van der Waals surface area contributed by atoms with Crippen LogP contribution in [0.15, 0.2) is 32.1 Å². The standard InChI is InChI=1S/C17H22BrFN4O.HI/c1-4-20-17(22-10-16-23-11(2)12(3)24-16)21-8-7-13-5-6-15(19)14(18)9-13;/h5-6,9H,4,7-8,10H2,1-3H3,(H2,20,21,22);1H. The number of benzene rings is 1. The number of hydrogen-bond acceptors (Lipinski definition) is 3. The molecule has 138 valence electrons. The van der Waals surface area contributed by atoms with Crippen molar-refractivity contribution < 1.29 is 8.81 Å². The number of hydrogen-bond donors (Lipinski definition) is 2. The number of aliphatic imine (C=N–C) groups is 1. The molecule has 0 aliphatic rings. The van der Waals surface area contributed by atoms with Crippen molar-refractivity contribution in [2.24, 2.45) is 4.99 Å². The van der Waals surface area contributed by atoms with Gasteiger partial charge in [-0.05, 0) is 60.8 Å². The van der Waals surface area contributed by atoms with Crippen molar-refractivity contribution in [2.75, 3.05) is 13.1 Å². The molecule has 0 amide bonds. The van der Waals surface area contributed by atoms with E-state index in [1.807, 2.05) is 20.8 Å². The van der Waals surface area contributed by atoms with Gasteiger partial charge in [-0.3, -0.25) is 0 Å². The van der Waals surface area contributed by atoms with Crippen LogP contribution in [0, 0.1) is 19.7 Å². The van der Waals surface area contributed by atoms with E-state index in [1.54, 1.807) is 12.1 Å². The zero-order valence-corrected chi connectivity index (χ0v) is 18.4. The van der Waals surface area contributed by atoms with Gasteiger partial charge in [-0.2, -0.15) is 0 Å². The van der Waals surface area contributed by atoms with E-state index in [1.165, 1.54) is 6.07 Å². The molecule has 5 nitrogen and oxygen atoms in total. The average molecular weight is 525 g/mol. The summed E-state index contributed by atoms with van der Waals surface area (Å²) in [7, 11) is 0. The highest BCUT2D eigenvalue weighted by Gasteiger charge is 2.06. The van der Waals surface area contributed by atoms with Gasteiger partial charge in [0.2, 0.25) is 5.89 Å². The highest BCUT2D eigenvalue weighted by molar-refractivity contribution is 14.0. The summed E-state index contributed by atoms with van der Waals surface area (Å²) in [4.78, 5) is 8.79. The fourth-order valence-electron chi connectivity index (χ4n) is 2.12. The third-order valence-electron chi connectivity index (χ3n) is 3.48. The maximum atomic E-state index is 13.2. The fourth-order valence-corrected chi connectivity index (χ4v) is 2.54. The number of aryl methyl sites for hydroxylation is 2. The Balaban J connectivity index is 0.00000312. The molecule has 0 bridgehead atoms. The Morgan fingerprint density at radius 3 is 2.68 bits per heavy atom. The first kappa shape index (κ1) is 21.9. The molecule has 25 heavy (non-hydrogen) atoms. The lowest BCUT2D eigenvalue weighted by Crippen LogP contribution is -2.38. The number of nitrogens with zero attached hydrogens (tertiary/aromatic N) is 2. The summed E-state index contributed by atoms with van der Waals surface area (Å²) in [6.07, 6.45) is 0.764.